The highest BCUT2D eigenvalue weighted by Crippen LogP contribution is 2.14. The SMILES string of the molecule is O=C(O)c1cn[nH]c1S(=O)(=O)NCC1CCCCO1. The minimum Gasteiger partial charge on any atom is -0.478 e. The van der Waals surface area contributed by atoms with Gasteiger partial charge in [0.1, 0.15) is 5.56 Å². The lowest BCUT2D eigenvalue weighted by atomic mass is 10.1. The lowest BCUT2D eigenvalue weighted by Gasteiger charge is -2.22. The molecular weight excluding hydrogens is 274 g/mol. The first-order valence-corrected chi connectivity index (χ1v) is 7.37. The molecule has 1 aliphatic rings. The molecule has 1 fully saturated rings. The van der Waals surface area contributed by atoms with Crippen molar-refractivity contribution in [3.8, 4) is 0 Å². The van der Waals surface area contributed by atoms with Crippen molar-refractivity contribution in [1.82, 2.24) is 14.9 Å². The molecule has 0 radical (unpaired) electrons. The summed E-state index contributed by atoms with van der Waals surface area (Å²) in [5, 5.41) is 14.1. The third kappa shape index (κ3) is 3.31. The van der Waals surface area contributed by atoms with Gasteiger partial charge in [-0.05, 0) is 19.3 Å². The Hall–Kier alpha value is -1.45. The summed E-state index contributed by atoms with van der Waals surface area (Å²) in [4.78, 5) is 10.9. The molecule has 0 saturated carbocycles. The molecule has 0 spiro atoms. The van der Waals surface area contributed by atoms with Crippen molar-refractivity contribution >= 4 is 16.0 Å². The van der Waals surface area contributed by atoms with Crippen molar-refractivity contribution in [3.05, 3.63) is 11.8 Å². The second kappa shape index (κ2) is 5.68. The van der Waals surface area contributed by atoms with Crippen LogP contribution >= 0.6 is 0 Å². The number of carboxylic acid groups (broad SMARTS) is 1. The molecular formula is C10H15N3O5S. The van der Waals surface area contributed by atoms with E-state index in [1.165, 1.54) is 0 Å². The minimum atomic E-state index is -3.92. The molecule has 1 atom stereocenters. The van der Waals surface area contributed by atoms with Gasteiger partial charge in [0.05, 0.1) is 12.3 Å². The van der Waals surface area contributed by atoms with Gasteiger partial charge in [0.2, 0.25) is 0 Å². The Morgan fingerprint density at radius 1 is 1.58 bits per heavy atom. The van der Waals surface area contributed by atoms with E-state index in [-0.39, 0.29) is 18.2 Å². The van der Waals surface area contributed by atoms with Crippen molar-refractivity contribution < 1.29 is 23.1 Å². The van der Waals surface area contributed by atoms with Gasteiger partial charge in [0.25, 0.3) is 10.0 Å². The zero-order chi connectivity index (χ0) is 13.9. The molecule has 8 nitrogen and oxygen atoms in total. The van der Waals surface area contributed by atoms with E-state index in [9.17, 15) is 13.2 Å². The first-order valence-electron chi connectivity index (χ1n) is 5.88. The topological polar surface area (TPSA) is 121 Å². The highest BCUT2D eigenvalue weighted by atomic mass is 32.2. The molecule has 1 aromatic heterocycles. The number of ether oxygens (including phenoxy) is 1. The van der Waals surface area contributed by atoms with Gasteiger partial charge in [0.15, 0.2) is 5.03 Å². The van der Waals surface area contributed by atoms with E-state index in [1.54, 1.807) is 0 Å². The average molecular weight is 289 g/mol. The highest BCUT2D eigenvalue weighted by Gasteiger charge is 2.26. The number of aromatic nitrogens is 2. The molecule has 1 unspecified atom stereocenters. The predicted octanol–water partition coefficient (Wildman–Crippen LogP) is -0.0447. The summed E-state index contributed by atoms with van der Waals surface area (Å²) in [5.74, 6) is -1.34. The van der Waals surface area contributed by atoms with E-state index < -0.39 is 21.0 Å². The molecule has 19 heavy (non-hydrogen) atoms. The number of carbonyl (C=O) groups is 1. The Bertz CT molecular complexity index is 547. The number of hydrogen-bond donors (Lipinski definition) is 3. The fourth-order valence-electron chi connectivity index (χ4n) is 1.87. The Labute approximate surface area is 110 Å². The summed E-state index contributed by atoms with van der Waals surface area (Å²) < 4.78 is 31.7. The molecule has 3 N–H and O–H groups in total. The van der Waals surface area contributed by atoms with Crippen LogP contribution in [0.5, 0.6) is 0 Å². The minimum absolute atomic E-state index is 0.125. The van der Waals surface area contributed by atoms with Crippen LogP contribution in [-0.2, 0) is 14.8 Å². The number of H-pyrrole nitrogens is 1. The quantitative estimate of drug-likeness (QED) is 0.699. The maximum atomic E-state index is 12.0. The molecule has 106 valence electrons. The van der Waals surface area contributed by atoms with Gasteiger partial charge in [-0.2, -0.15) is 5.10 Å². The first kappa shape index (κ1) is 14.0. The Morgan fingerprint density at radius 3 is 3.00 bits per heavy atom. The Kier molecular flexibility index (Phi) is 4.17. The number of aromatic carboxylic acids is 1. The largest absolute Gasteiger partial charge is 0.478 e. The van der Waals surface area contributed by atoms with Gasteiger partial charge in [0, 0.05) is 13.2 Å². The molecule has 9 heteroatoms. The summed E-state index contributed by atoms with van der Waals surface area (Å²) >= 11 is 0. The van der Waals surface area contributed by atoms with E-state index in [0.717, 1.165) is 25.5 Å². The van der Waals surface area contributed by atoms with Gasteiger partial charge in [-0.3, -0.25) is 5.10 Å². The van der Waals surface area contributed by atoms with Crippen LogP contribution in [0.2, 0.25) is 0 Å². The molecule has 1 saturated heterocycles. The van der Waals surface area contributed by atoms with Crippen LogP contribution in [0.3, 0.4) is 0 Å². The normalized spacial score (nSPS) is 20.3. The smallest absolute Gasteiger partial charge is 0.340 e. The van der Waals surface area contributed by atoms with Crippen molar-refractivity contribution in [3.63, 3.8) is 0 Å². The Morgan fingerprint density at radius 2 is 2.37 bits per heavy atom. The third-order valence-electron chi connectivity index (χ3n) is 2.88. The maximum Gasteiger partial charge on any atom is 0.340 e. The number of rotatable bonds is 5. The lowest BCUT2D eigenvalue weighted by Crippen LogP contribution is -2.36. The zero-order valence-electron chi connectivity index (χ0n) is 10.1. The van der Waals surface area contributed by atoms with Crippen molar-refractivity contribution in [2.75, 3.05) is 13.2 Å². The average Bonchev–Trinajstić information content (AvgIpc) is 2.88. The standard InChI is InChI=1S/C10H15N3O5S/c14-10(15)8-6-11-13-9(8)19(16,17)12-5-7-3-1-2-4-18-7/h6-7,12H,1-5H2,(H,11,13)(H,14,15). The fourth-order valence-corrected chi connectivity index (χ4v) is 3.03. The van der Waals surface area contributed by atoms with E-state index in [0.29, 0.717) is 6.61 Å². The number of carboxylic acids is 1. The van der Waals surface area contributed by atoms with Crippen molar-refractivity contribution in [1.29, 1.82) is 0 Å². The predicted molar refractivity (Wildman–Crippen MR) is 64.3 cm³/mol. The number of hydrogen-bond acceptors (Lipinski definition) is 5. The lowest BCUT2D eigenvalue weighted by molar-refractivity contribution is 0.0200. The summed E-state index contributed by atoms with van der Waals surface area (Å²) in [6.45, 7) is 0.747. The van der Waals surface area contributed by atoms with Crippen LogP contribution in [0.4, 0.5) is 0 Å². The van der Waals surface area contributed by atoms with Gasteiger partial charge in [-0.25, -0.2) is 17.9 Å². The van der Waals surface area contributed by atoms with Gasteiger partial charge >= 0.3 is 5.97 Å². The Balaban J connectivity index is 2.05. The summed E-state index contributed by atoms with van der Waals surface area (Å²) in [6, 6.07) is 0. The van der Waals surface area contributed by atoms with E-state index in [1.807, 2.05) is 0 Å². The summed E-state index contributed by atoms with van der Waals surface area (Å²) in [7, 11) is -3.92. The van der Waals surface area contributed by atoms with Crippen LogP contribution in [-0.4, -0.2) is 48.9 Å². The fraction of sp³-hybridized carbons (Fsp3) is 0.600. The molecule has 1 aromatic rings. The number of nitrogens with one attached hydrogen (secondary N) is 2. The van der Waals surface area contributed by atoms with Gasteiger partial charge < -0.3 is 9.84 Å². The van der Waals surface area contributed by atoms with Crippen LogP contribution in [0.15, 0.2) is 11.2 Å². The van der Waals surface area contributed by atoms with Gasteiger partial charge in [-0.1, -0.05) is 0 Å². The van der Waals surface area contributed by atoms with Gasteiger partial charge in [-0.15, -0.1) is 0 Å². The molecule has 1 aliphatic heterocycles. The summed E-state index contributed by atoms with van der Waals surface area (Å²) in [5.41, 5.74) is -0.378. The highest BCUT2D eigenvalue weighted by molar-refractivity contribution is 7.89. The van der Waals surface area contributed by atoms with Crippen LogP contribution in [0, 0.1) is 0 Å². The molecule has 0 amide bonds. The molecule has 2 heterocycles. The first-order chi connectivity index (χ1) is 9.00. The molecule has 0 aromatic carbocycles. The monoisotopic (exact) mass is 289 g/mol. The third-order valence-corrected chi connectivity index (χ3v) is 4.27. The van der Waals surface area contributed by atoms with E-state index in [4.69, 9.17) is 9.84 Å². The summed E-state index contributed by atoms with van der Waals surface area (Å²) in [6.07, 6.45) is 3.56. The number of aromatic amines is 1. The van der Waals surface area contributed by atoms with Crippen LogP contribution < -0.4 is 4.72 Å². The van der Waals surface area contributed by atoms with E-state index >= 15 is 0 Å². The second-order valence-electron chi connectivity index (χ2n) is 4.26. The number of sulfonamides is 1. The second-order valence-corrected chi connectivity index (χ2v) is 5.96. The van der Waals surface area contributed by atoms with Crippen LogP contribution in [0.25, 0.3) is 0 Å². The van der Waals surface area contributed by atoms with Crippen LogP contribution in [0.1, 0.15) is 29.6 Å². The molecule has 0 aliphatic carbocycles. The molecule has 0 bridgehead atoms. The van der Waals surface area contributed by atoms with Crippen molar-refractivity contribution in [2.24, 2.45) is 0 Å². The maximum absolute atomic E-state index is 12.0. The zero-order valence-corrected chi connectivity index (χ0v) is 10.9. The van der Waals surface area contributed by atoms with Crippen molar-refractivity contribution in [2.45, 2.75) is 30.4 Å². The van der Waals surface area contributed by atoms with E-state index in [2.05, 4.69) is 14.9 Å². The number of nitrogens with zero attached hydrogens (tertiary/aromatic N) is 1. The molecule has 2 rings (SSSR count).